The number of hydrogen-bond donors (Lipinski definition) is 2. The second kappa shape index (κ2) is 5.64. The largest absolute Gasteiger partial charge is 0.311 e. The fourth-order valence-corrected chi connectivity index (χ4v) is 2.17. The van der Waals surface area contributed by atoms with Crippen LogP contribution in [0.4, 0.5) is 0 Å². The molecule has 0 amide bonds. The van der Waals surface area contributed by atoms with E-state index in [1.807, 2.05) is 0 Å². The quantitative estimate of drug-likeness (QED) is 0.754. The molecule has 86 valence electrons. The lowest BCUT2D eigenvalue weighted by molar-refractivity contribution is 0.421. The van der Waals surface area contributed by atoms with Gasteiger partial charge in [0, 0.05) is 25.2 Å². The molecule has 2 nitrogen and oxygen atoms in total. The molecule has 0 atom stereocenters. The lowest BCUT2D eigenvalue weighted by Gasteiger charge is -2.20. The Morgan fingerprint density at radius 2 is 1.93 bits per heavy atom. The van der Waals surface area contributed by atoms with E-state index in [1.54, 1.807) is 11.3 Å². The van der Waals surface area contributed by atoms with Crippen molar-refractivity contribution in [1.29, 1.82) is 0 Å². The van der Waals surface area contributed by atoms with Crippen molar-refractivity contribution >= 4 is 11.3 Å². The van der Waals surface area contributed by atoms with Crippen LogP contribution in [0.3, 0.4) is 0 Å². The van der Waals surface area contributed by atoms with Gasteiger partial charge in [0.2, 0.25) is 0 Å². The van der Waals surface area contributed by atoms with Crippen molar-refractivity contribution in [1.82, 2.24) is 10.6 Å². The first-order chi connectivity index (χ1) is 6.99. The van der Waals surface area contributed by atoms with Crippen LogP contribution in [-0.2, 0) is 6.54 Å². The average Bonchev–Trinajstić information content (AvgIpc) is 2.49. The zero-order valence-electron chi connectivity index (χ0n) is 10.2. The van der Waals surface area contributed by atoms with Gasteiger partial charge >= 0.3 is 0 Å². The van der Waals surface area contributed by atoms with E-state index in [0.29, 0.717) is 0 Å². The number of rotatable bonds is 5. The van der Waals surface area contributed by atoms with Crippen LogP contribution in [0.2, 0.25) is 0 Å². The average molecular weight is 226 g/mol. The molecule has 0 unspecified atom stereocenters. The van der Waals surface area contributed by atoms with Crippen LogP contribution < -0.4 is 10.6 Å². The van der Waals surface area contributed by atoms with Crippen LogP contribution in [0.5, 0.6) is 0 Å². The third-order valence-electron chi connectivity index (χ3n) is 2.23. The van der Waals surface area contributed by atoms with Crippen molar-refractivity contribution in [3.8, 4) is 0 Å². The summed E-state index contributed by atoms with van der Waals surface area (Å²) in [6.07, 6.45) is 0. The van der Waals surface area contributed by atoms with Crippen LogP contribution in [0, 0.1) is 6.92 Å². The second-order valence-electron chi connectivity index (χ2n) is 4.93. The minimum absolute atomic E-state index is 0.222. The van der Waals surface area contributed by atoms with Gasteiger partial charge < -0.3 is 10.6 Å². The van der Waals surface area contributed by atoms with E-state index in [0.717, 1.165) is 19.6 Å². The highest BCUT2D eigenvalue weighted by atomic mass is 32.1. The third kappa shape index (κ3) is 5.30. The molecule has 1 aromatic rings. The van der Waals surface area contributed by atoms with Gasteiger partial charge in [-0.3, -0.25) is 0 Å². The first-order valence-electron chi connectivity index (χ1n) is 5.46. The van der Waals surface area contributed by atoms with Gasteiger partial charge in [-0.05, 0) is 49.6 Å². The molecule has 0 aliphatic heterocycles. The molecule has 0 fully saturated rings. The number of thiophene rings is 1. The summed E-state index contributed by atoms with van der Waals surface area (Å²) >= 11 is 1.78. The second-order valence-corrected chi connectivity index (χ2v) is 5.68. The van der Waals surface area contributed by atoms with Gasteiger partial charge in [0.25, 0.3) is 0 Å². The minimum atomic E-state index is 0.222. The summed E-state index contributed by atoms with van der Waals surface area (Å²) in [4.78, 5) is 0. The van der Waals surface area contributed by atoms with E-state index >= 15 is 0 Å². The monoisotopic (exact) mass is 226 g/mol. The Labute approximate surface area is 97.1 Å². The number of aryl methyl sites for hydroxylation is 1. The first kappa shape index (κ1) is 12.7. The fourth-order valence-electron chi connectivity index (χ4n) is 1.32. The van der Waals surface area contributed by atoms with Crippen LogP contribution in [0.1, 0.15) is 31.9 Å². The first-order valence-corrected chi connectivity index (χ1v) is 6.41. The van der Waals surface area contributed by atoms with Gasteiger partial charge in [-0.2, -0.15) is 11.3 Å². The van der Waals surface area contributed by atoms with Crippen molar-refractivity contribution in [2.45, 2.75) is 39.8 Å². The highest BCUT2D eigenvalue weighted by molar-refractivity contribution is 7.08. The van der Waals surface area contributed by atoms with E-state index < -0.39 is 0 Å². The molecule has 1 rings (SSSR count). The molecule has 0 aliphatic carbocycles. The molecule has 1 heterocycles. The van der Waals surface area contributed by atoms with Crippen LogP contribution >= 0.6 is 11.3 Å². The van der Waals surface area contributed by atoms with Crippen LogP contribution in [0.15, 0.2) is 10.8 Å². The highest BCUT2D eigenvalue weighted by Gasteiger charge is 2.06. The molecule has 1 aromatic heterocycles. The molecule has 3 heteroatoms. The van der Waals surface area contributed by atoms with Crippen molar-refractivity contribution in [3.05, 3.63) is 21.9 Å². The minimum Gasteiger partial charge on any atom is -0.311 e. The Bertz CT molecular complexity index is 286. The summed E-state index contributed by atoms with van der Waals surface area (Å²) in [5.41, 5.74) is 3.05. The van der Waals surface area contributed by atoms with Crippen molar-refractivity contribution in [3.63, 3.8) is 0 Å². The molecule has 0 spiro atoms. The van der Waals surface area contributed by atoms with E-state index in [2.05, 4.69) is 49.1 Å². The Kier molecular flexibility index (Phi) is 4.77. The van der Waals surface area contributed by atoms with Gasteiger partial charge in [-0.1, -0.05) is 0 Å². The summed E-state index contributed by atoms with van der Waals surface area (Å²) in [5.74, 6) is 0. The smallest absolute Gasteiger partial charge is 0.0216 e. The third-order valence-corrected chi connectivity index (χ3v) is 3.14. The standard InChI is InChI=1S/C12H22N2S/c1-10-8-15-9-11(10)7-13-5-6-14-12(2,3)4/h8-9,13-14H,5-7H2,1-4H3. The van der Waals surface area contributed by atoms with E-state index in [-0.39, 0.29) is 5.54 Å². The maximum atomic E-state index is 3.46. The molecule has 0 aliphatic rings. The Hall–Kier alpha value is -0.380. The lowest BCUT2D eigenvalue weighted by atomic mass is 10.1. The summed E-state index contributed by atoms with van der Waals surface area (Å²) in [6, 6.07) is 0. The van der Waals surface area contributed by atoms with Crippen LogP contribution in [-0.4, -0.2) is 18.6 Å². The molecule has 0 saturated carbocycles. The molecule has 2 N–H and O–H groups in total. The predicted molar refractivity (Wildman–Crippen MR) is 68.5 cm³/mol. The lowest BCUT2D eigenvalue weighted by Crippen LogP contribution is -2.40. The SMILES string of the molecule is Cc1cscc1CNCCNC(C)(C)C. The van der Waals surface area contributed by atoms with Crippen molar-refractivity contribution in [2.24, 2.45) is 0 Å². The van der Waals surface area contributed by atoms with E-state index in [1.165, 1.54) is 11.1 Å². The molecular formula is C12H22N2S. The van der Waals surface area contributed by atoms with Gasteiger partial charge in [0.05, 0.1) is 0 Å². The van der Waals surface area contributed by atoms with Gasteiger partial charge in [-0.25, -0.2) is 0 Å². The van der Waals surface area contributed by atoms with Gasteiger partial charge in [0.1, 0.15) is 0 Å². The molecule has 0 radical (unpaired) electrons. The zero-order valence-corrected chi connectivity index (χ0v) is 11.0. The topological polar surface area (TPSA) is 24.1 Å². The summed E-state index contributed by atoms with van der Waals surface area (Å²) in [5, 5.41) is 11.3. The Balaban J connectivity index is 2.10. The number of hydrogen-bond acceptors (Lipinski definition) is 3. The van der Waals surface area contributed by atoms with Crippen LogP contribution in [0.25, 0.3) is 0 Å². The molecule has 0 aromatic carbocycles. The summed E-state index contributed by atoms with van der Waals surface area (Å²) < 4.78 is 0. The Morgan fingerprint density at radius 1 is 1.20 bits per heavy atom. The maximum Gasteiger partial charge on any atom is 0.0216 e. The van der Waals surface area contributed by atoms with Gasteiger partial charge in [-0.15, -0.1) is 0 Å². The fraction of sp³-hybridized carbons (Fsp3) is 0.667. The molecule has 0 saturated heterocycles. The highest BCUT2D eigenvalue weighted by Crippen LogP contribution is 2.12. The summed E-state index contributed by atoms with van der Waals surface area (Å²) in [6.45, 7) is 11.8. The van der Waals surface area contributed by atoms with Crippen molar-refractivity contribution < 1.29 is 0 Å². The zero-order chi connectivity index (χ0) is 11.3. The van der Waals surface area contributed by atoms with Gasteiger partial charge in [0.15, 0.2) is 0 Å². The normalized spacial score (nSPS) is 12.0. The maximum absolute atomic E-state index is 3.46. The predicted octanol–water partition coefficient (Wildman–Crippen LogP) is 2.53. The number of nitrogens with one attached hydrogen (secondary N) is 2. The molecule has 15 heavy (non-hydrogen) atoms. The Morgan fingerprint density at radius 3 is 2.47 bits per heavy atom. The molecular weight excluding hydrogens is 204 g/mol. The summed E-state index contributed by atoms with van der Waals surface area (Å²) in [7, 11) is 0. The van der Waals surface area contributed by atoms with E-state index in [4.69, 9.17) is 0 Å². The molecule has 0 bridgehead atoms. The van der Waals surface area contributed by atoms with E-state index in [9.17, 15) is 0 Å². The van der Waals surface area contributed by atoms with Crippen molar-refractivity contribution in [2.75, 3.05) is 13.1 Å².